The Morgan fingerprint density at radius 1 is 1.15 bits per heavy atom. The molecule has 1 fully saturated rings. The molecule has 4 nitrogen and oxygen atoms in total. The number of ether oxygens (including phenoxy) is 2. The van der Waals surface area contributed by atoms with Crippen LogP contribution in [0.25, 0.3) is 10.9 Å². The molecule has 0 saturated carbocycles. The van der Waals surface area contributed by atoms with Crippen molar-refractivity contribution in [3.8, 4) is 0 Å². The van der Waals surface area contributed by atoms with Gasteiger partial charge in [-0.05, 0) is 29.7 Å². The Hall–Kier alpha value is -1.60. The maximum absolute atomic E-state index is 12.1. The van der Waals surface area contributed by atoms with Gasteiger partial charge in [0.25, 0.3) is 5.56 Å². The fraction of sp³-hybridized carbons (Fsp3) is 0.350. The van der Waals surface area contributed by atoms with E-state index in [9.17, 15) is 4.79 Å². The number of pyridine rings is 1. The van der Waals surface area contributed by atoms with Crippen LogP contribution < -0.4 is 5.56 Å². The Kier molecular flexibility index (Phi) is 4.92. The second kappa shape index (κ2) is 7.19. The molecular formula is C20H21NO3S2. The van der Waals surface area contributed by atoms with E-state index in [1.54, 1.807) is 40.8 Å². The maximum atomic E-state index is 12.1. The summed E-state index contributed by atoms with van der Waals surface area (Å²) >= 11 is 3.48. The van der Waals surface area contributed by atoms with E-state index < -0.39 is 0 Å². The van der Waals surface area contributed by atoms with Gasteiger partial charge in [0.05, 0.1) is 9.73 Å². The number of benzene rings is 1. The van der Waals surface area contributed by atoms with E-state index in [1.165, 1.54) is 9.09 Å². The molecule has 1 aliphatic heterocycles. The minimum absolute atomic E-state index is 0.0120. The van der Waals surface area contributed by atoms with Crippen molar-refractivity contribution in [1.82, 2.24) is 4.57 Å². The number of thiophene rings is 1. The van der Waals surface area contributed by atoms with E-state index in [4.69, 9.17) is 9.47 Å². The van der Waals surface area contributed by atoms with E-state index in [0.717, 1.165) is 41.9 Å². The van der Waals surface area contributed by atoms with Crippen molar-refractivity contribution in [3.63, 3.8) is 0 Å². The Labute approximate surface area is 160 Å². The van der Waals surface area contributed by atoms with Crippen LogP contribution in [0, 0.1) is 0 Å². The summed E-state index contributed by atoms with van der Waals surface area (Å²) in [5.41, 5.74) is 0.762. The van der Waals surface area contributed by atoms with E-state index in [2.05, 4.69) is 18.2 Å². The third-order valence-electron chi connectivity index (χ3n) is 5.03. The van der Waals surface area contributed by atoms with Crippen LogP contribution >= 0.6 is 23.1 Å². The number of hydrogen-bond donors (Lipinski definition) is 0. The number of methoxy groups -OCH3 is 1. The van der Waals surface area contributed by atoms with Crippen molar-refractivity contribution in [2.45, 2.75) is 27.5 Å². The molecule has 1 aromatic carbocycles. The molecule has 26 heavy (non-hydrogen) atoms. The number of aryl methyl sites for hydroxylation is 1. The molecule has 0 unspecified atom stereocenters. The second-order valence-electron chi connectivity index (χ2n) is 6.46. The van der Waals surface area contributed by atoms with Gasteiger partial charge in [0.2, 0.25) is 0 Å². The van der Waals surface area contributed by atoms with E-state index >= 15 is 0 Å². The third kappa shape index (κ3) is 3.11. The second-order valence-corrected chi connectivity index (χ2v) is 8.88. The lowest BCUT2D eigenvalue weighted by Gasteiger charge is -2.35. The lowest BCUT2D eigenvalue weighted by molar-refractivity contribution is -0.0925. The van der Waals surface area contributed by atoms with Crippen molar-refractivity contribution < 1.29 is 9.47 Å². The minimum atomic E-state index is -0.229. The summed E-state index contributed by atoms with van der Waals surface area (Å²) in [6.07, 6.45) is 1.77. The molecule has 0 bridgehead atoms. The zero-order chi connectivity index (χ0) is 18.1. The van der Waals surface area contributed by atoms with Crippen LogP contribution in [0.15, 0.2) is 56.4 Å². The maximum Gasteiger partial charge on any atom is 0.250 e. The SMILES string of the molecule is COC1(c2ccc(Sc3cccc4ccc(=O)n(C)c34)s2)CCOCC1. The average Bonchev–Trinajstić information content (AvgIpc) is 3.14. The molecule has 0 radical (unpaired) electrons. The van der Waals surface area contributed by atoms with Crippen LogP contribution in [-0.2, 0) is 22.1 Å². The van der Waals surface area contributed by atoms with Crippen LogP contribution in [0.1, 0.15) is 17.7 Å². The monoisotopic (exact) mass is 387 g/mol. The zero-order valence-electron chi connectivity index (χ0n) is 14.9. The number of nitrogens with zero attached hydrogens (tertiary/aromatic N) is 1. The standard InChI is InChI=1S/C20H21NO3S2/c1-21-17(22)8-6-14-4-3-5-15(19(14)21)25-18-9-7-16(26-18)20(23-2)10-12-24-13-11-20/h3-9H,10-13H2,1-2H3. The highest BCUT2D eigenvalue weighted by Gasteiger charge is 2.35. The number of fused-ring (bicyclic) bond motifs is 1. The highest BCUT2D eigenvalue weighted by atomic mass is 32.2. The molecule has 136 valence electrons. The van der Waals surface area contributed by atoms with Gasteiger partial charge in [-0.2, -0.15) is 0 Å². The number of hydrogen-bond acceptors (Lipinski definition) is 5. The Morgan fingerprint density at radius 3 is 2.73 bits per heavy atom. The molecule has 1 saturated heterocycles. The predicted molar refractivity (Wildman–Crippen MR) is 106 cm³/mol. The quantitative estimate of drug-likeness (QED) is 0.665. The van der Waals surface area contributed by atoms with Gasteiger partial charge in [-0.1, -0.05) is 23.9 Å². The zero-order valence-corrected chi connectivity index (χ0v) is 16.5. The Morgan fingerprint density at radius 2 is 1.96 bits per heavy atom. The molecular weight excluding hydrogens is 366 g/mol. The summed E-state index contributed by atoms with van der Waals surface area (Å²) in [5.74, 6) is 0. The van der Waals surface area contributed by atoms with Crippen molar-refractivity contribution in [3.05, 3.63) is 57.7 Å². The van der Waals surface area contributed by atoms with Gasteiger partial charge >= 0.3 is 0 Å². The normalized spacial score (nSPS) is 16.8. The fourth-order valence-corrected chi connectivity index (χ4v) is 6.00. The molecule has 6 heteroatoms. The van der Waals surface area contributed by atoms with Crippen LogP contribution in [-0.4, -0.2) is 24.9 Å². The highest BCUT2D eigenvalue weighted by molar-refractivity contribution is 8.01. The molecule has 0 aliphatic carbocycles. The molecule has 2 aromatic heterocycles. The molecule has 3 heterocycles. The molecule has 4 rings (SSSR count). The molecule has 0 N–H and O–H groups in total. The first-order valence-electron chi connectivity index (χ1n) is 8.63. The van der Waals surface area contributed by atoms with Crippen LogP contribution in [0.2, 0.25) is 0 Å². The third-order valence-corrected chi connectivity index (χ3v) is 7.49. The first-order valence-corrected chi connectivity index (χ1v) is 10.3. The van der Waals surface area contributed by atoms with Gasteiger partial charge in [-0.15, -0.1) is 11.3 Å². The summed E-state index contributed by atoms with van der Waals surface area (Å²) in [7, 11) is 3.62. The lowest BCUT2D eigenvalue weighted by Crippen LogP contribution is -2.34. The predicted octanol–water partition coefficient (Wildman–Crippen LogP) is 4.40. The number of aromatic nitrogens is 1. The molecule has 0 atom stereocenters. The first-order chi connectivity index (χ1) is 12.6. The van der Waals surface area contributed by atoms with E-state index in [1.807, 2.05) is 25.2 Å². The van der Waals surface area contributed by atoms with Gasteiger partial charge in [-0.3, -0.25) is 4.79 Å². The highest BCUT2D eigenvalue weighted by Crippen LogP contribution is 2.43. The largest absolute Gasteiger partial charge is 0.381 e. The van der Waals surface area contributed by atoms with Gasteiger partial charge in [-0.25, -0.2) is 0 Å². The van der Waals surface area contributed by atoms with E-state index in [0.29, 0.717) is 0 Å². The van der Waals surface area contributed by atoms with Gasteiger partial charge in [0, 0.05) is 56.1 Å². The number of rotatable bonds is 4. The molecule has 0 amide bonds. The van der Waals surface area contributed by atoms with Crippen molar-refractivity contribution >= 4 is 34.0 Å². The Bertz CT molecular complexity index is 986. The van der Waals surface area contributed by atoms with Crippen LogP contribution in [0.5, 0.6) is 0 Å². The smallest absolute Gasteiger partial charge is 0.250 e. The fourth-order valence-electron chi connectivity index (χ4n) is 3.48. The summed E-state index contributed by atoms with van der Waals surface area (Å²) in [5, 5.41) is 1.08. The summed E-state index contributed by atoms with van der Waals surface area (Å²) in [6, 6.07) is 14.0. The minimum Gasteiger partial charge on any atom is -0.381 e. The van der Waals surface area contributed by atoms with Crippen molar-refractivity contribution in [1.29, 1.82) is 0 Å². The van der Waals surface area contributed by atoms with Crippen LogP contribution in [0.3, 0.4) is 0 Å². The lowest BCUT2D eigenvalue weighted by atomic mass is 9.92. The van der Waals surface area contributed by atoms with Gasteiger partial charge in [0.15, 0.2) is 0 Å². The topological polar surface area (TPSA) is 40.5 Å². The van der Waals surface area contributed by atoms with Crippen molar-refractivity contribution in [2.24, 2.45) is 7.05 Å². The summed E-state index contributed by atoms with van der Waals surface area (Å²) < 4.78 is 14.3. The average molecular weight is 388 g/mol. The molecule has 0 spiro atoms. The van der Waals surface area contributed by atoms with Crippen LogP contribution in [0.4, 0.5) is 0 Å². The Balaban J connectivity index is 1.69. The molecule has 3 aromatic rings. The van der Waals surface area contributed by atoms with Gasteiger partial charge in [0.1, 0.15) is 5.60 Å². The van der Waals surface area contributed by atoms with E-state index in [-0.39, 0.29) is 11.2 Å². The number of para-hydroxylation sites is 1. The summed E-state index contributed by atoms with van der Waals surface area (Å²) in [6.45, 7) is 1.47. The van der Waals surface area contributed by atoms with Crippen molar-refractivity contribution in [2.75, 3.05) is 20.3 Å². The summed E-state index contributed by atoms with van der Waals surface area (Å²) in [4.78, 5) is 14.4. The van der Waals surface area contributed by atoms with Gasteiger partial charge < -0.3 is 14.0 Å². The molecule has 1 aliphatic rings. The first kappa shape index (κ1) is 17.8.